The van der Waals surface area contributed by atoms with Crippen LogP contribution in [-0.2, 0) is 12.8 Å². The second-order valence-electron chi connectivity index (χ2n) is 3.94. The van der Waals surface area contributed by atoms with Crippen LogP contribution in [0.5, 0.6) is 0 Å². The smallest absolute Gasteiger partial charge is 0.104 e. The maximum atomic E-state index is 5.33. The molecular weight excluding hydrogens is 198 g/mol. The quantitative estimate of drug-likeness (QED) is 0.705. The van der Waals surface area contributed by atoms with Gasteiger partial charge in [0, 0.05) is 23.5 Å². The van der Waals surface area contributed by atoms with Gasteiger partial charge >= 0.3 is 0 Å². The van der Waals surface area contributed by atoms with Crippen LogP contribution in [0.3, 0.4) is 0 Å². The molecule has 0 spiro atoms. The maximum Gasteiger partial charge on any atom is 0.104 e. The van der Waals surface area contributed by atoms with E-state index in [2.05, 4.69) is 35.4 Å². The van der Waals surface area contributed by atoms with Gasteiger partial charge in [-0.25, -0.2) is 0 Å². The molecule has 3 rings (SSSR count). The lowest BCUT2D eigenvalue weighted by atomic mass is 10.1. The lowest BCUT2D eigenvalue weighted by Gasteiger charge is -1.97. The number of H-pyrrole nitrogens is 1. The van der Waals surface area contributed by atoms with Gasteiger partial charge in [0.1, 0.15) is 5.76 Å². The van der Waals surface area contributed by atoms with Crippen LogP contribution in [0.1, 0.15) is 11.3 Å². The first-order valence-corrected chi connectivity index (χ1v) is 5.51. The Morgan fingerprint density at radius 1 is 1.00 bits per heavy atom. The Morgan fingerprint density at radius 3 is 2.81 bits per heavy atom. The predicted octanol–water partition coefficient (Wildman–Crippen LogP) is 3.55. The summed E-state index contributed by atoms with van der Waals surface area (Å²) in [5.74, 6) is 1.05. The van der Waals surface area contributed by atoms with Crippen molar-refractivity contribution >= 4 is 10.9 Å². The molecule has 80 valence electrons. The molecule has 1 N–H and O–H groups in total. The summed E-state index contributed by atoms with van der Waals surface area (Å²) in [6, 6.07) is 12.3. The highest BCUT2D eigenvalue weighted by Crippen LogP contribution is 2.19. The van der Waals surface area contributed by atoms with E-state index in [-0.39, 0.29) is 0 Å². The van der Waals surface area contributed by atoms with Gasteiger partial charge in [-0.15, -0.1) is 0 Å². The molecule has 0 aliphatic rings. The number of hydrogen-bond acceptors (Lipinski definition) is 1. The van der Waals surface area contributed by atoms with Crippen molar-refractivity contribution in [1.29, 1.82) is 0 Å². The Kier molecular flexibility index (Phi) is 2.26. The Labute approximate surface area is 93.9 Å². The molecule has 0 bridgehead atoms. The number of furan rings is 1. The maximum absolute atomic E-state index is 5.33. The highest BCUT2D eigenvalue weighted by molar-refractivity contribution is 5.83. The molecular formula is C14H13NO. The highest BCUT2D eigenvalue weighted by Gasteiger charge is 2.03. The molecule has 0 saturated heterocycles. The molecule has 0 radical (unpaired) electrons. The minimum absolute atomic E-state index is 0.953. The summed E-state index contributed by atoms with van der Waals surface area (Å²) in [5.41, 5.74) is 2.56. The number of aromatic nitrogens is 1. The molecule has 0 amide bonds. The summed E-state index contributed by atoms with van der Waals surface area (Å²) >= 11 is 0. The fraction of sp³-hybridized carbons (Fsp3) is 0.143. The van der Waals surface area contributed by atoms with Crippen molar-refractivity contribution in [2.45, 2.75) is 12.8 Å². The molecule has 1 aromatic carbocycles. The standard InChI is InChI=1S/C14H13NO/c1-2-6-14-13(5-1)11(10-15-14)7-8-12-4-3-9-16-12/h1-6,9-10,15H,7-8H2. The van der Waals surface area contributed by atoms with Crippen molar-refractivity contribution < 1.29 is 4.42 Å². The van der Waals surface area contributed by atoms with E-state index in [1.165, 1.54) is 16.5 Å². The number of aromatic amines is 1. The van der Waals surface area contributed by atoms with E-state index < -0.39 is 0 Å². The van der Waals surface area contributed by atoms with Crippen LogP contribution in [-0.4, -0.2) is 4.98 Å². The number of rotatable bonds is 3. The third-order valence-electron chi connectivity index (χ3n) is 2.90. The van der Waals surface area contributed by atoms with Crippen LogP contribution in [0.4, 0.5) is 0 Å². The number of benzene rings is 1. The molecule has 2 aromatic heterocycles. The average Bonchev–Trinajstić information content (AvgIpc) is 2.96. The lowest BCUT2D eigenvalue weighted by Crippen LogP contribution is -1.87. The van der Waals surface area contributed by atoms with Gasteiger partial charge in [-0.2, -0.15) is 0 Å². The summed E-state index contributed by atoms with van der Waals surface area (Å²) in [6.07, 6.45) is 5.78. The average molecular weight is 211 g/mol. The monoisotopic (exact) mass is 211 g/mol. The number of hydrogen-bond donors (Lipinski definition) is 1. The Bertz CT molecular complexity index is 578. The predicted molar refractivity (Wildman–Crippen MR) is 64.4 cm³/mol. The van der Waals surface area contributed by atoms with Crippen LogP contribution in [0.2, 0.25) is 0 Å². The van der Waals surface area contributed by atoms with Crippen LogP contribution >= 0.6 is 0 Å². The SMILES string of the molecule is c1coc(CCc2c[nH]c3ccccc23)c1. The zero-order valence-corrected chi connectivity index (χ0v) is 8.94. The first-order valence-electron chi connectivity index (χ1n) is 5.51. The number of aryl methyl sites for hydroxylation is 2. The fourth-order valence-corrected chi connectivity index (χ4v) is 2.05. The summed E-state index contributed by atoms with van der Waals surface area (Å²) in [4.78, 5) is 3.29. The first-order chi connectivity index (χ1) is 7.93. The highest BCUT2D eigenvalue weighted by atomic mass is 16.3. The van der Waals surface area contributed by atoms with E-state index in [4.69, 9.17) is 4.42 Å². The van der Waals surface area contributed by atoms with E-state index >= 15 is 0 Å². The minimum Gasteiger partial charge on any atom is -0.469 e. The summed E-state index contributed by atoms with van der Waals surface area (Å²) in [6.45, 7) is 0. The first kappa shape index (κ1) is 9.28. The minimum atomic E-state index is 0.953. The third-order valence-corrected chi connectivity index (χ3v) is 2.90. The van der Waals surface area contributed by atoms with Crippen molar-refractivity contribution in [3.05, 3.63) is 60.2 Å². The molecule has 0 fully saturated rings. The number of para-hydroxylation sites is 1. The molecule has 2 nitrogen and oxygen atoms in total. The zero-order chi connectivity index (χ0) is 10.8. The van der Waals surface area contributed by atoms with Crippen LogP contribution in [0.15, 0.2) is 53.3 Å². The van der Waals surface area contributed by atoms with Gasteiger partial charge in [-0.1, -0.05) is 18.2 Å². The molecule has 16 heavy (non-hydrogen) atoms. The molecule has 2 heteroatoms. The normalized spacial score (nSPS) is 11.0. The molecule has 0 aliphatic heterocycles. The third kappa shape index (κ3) is 1.63. The molecule has 2 heterocycles. The van der Waals surface area contributed by atoms with Crippen LogP contribution in [0.25, 0.3) is 10.9 Å². The number of nitrogens with one attached hydrogen (secondary N) is 1. The van der Waals surface area contributed by atoms with E-state index in [9.17, 15) is 0 Å². The zero-order valence-electron chi connectivity index (χ0n) is 8.94. The Morgan fingerprint density at radius 2 is 1.94 bits per heavy atom. The largest absolute Gasteiger partial charge is 0.469 e. The van der Waals surface area contributed by atoms with Gasteiger partial charge in [0.05, 0.1) is 6.26 Å². The van der Waals surface area contributed by atoms with Crippen molar-refractivity contribution in [3.8, 4) is 0 Å². The topological polar surface area (TPSA) is 28.9 Å². The fourth-order valence-electron chi connectivity index (χ4n) is 2.05. The van der Waals surface area contributed by atoms with Crippen molar-refractivity contribution in [2.24, 2.45) is 0 Å². The van der Waals surface area contributed by atoms with Gasteiger partial charge < -0.3 is 9.40 Å². The van der Waals surface area contributed by atoms with Crippen molar-refractivity contribution in [2.75, 3.05) is 0 Å². The van der Waals surface area contributed by atoms with Crippen LogP contribution in [0, 0.1) is 0 Å². The molecule has 0 unspecified atom stereocenters. The van der Waals surface area contributed by atoms with Gasteiger partial charge in [-0.3, -0.25) is 0 Å². The second kappa shape index (κ2) is 3.89. The summed E-state index contributed by atoms with van der Waals surface area (Å²) in [7, 11) is 0. The molecule has 0 atom stereocenters. The lowest BCUT2D eigenvalue weighted by molar-refractivity contribution is 0.509. The molecule has 0 saturated carbocycles. The molecule has 3 aromatic rings. The summed E-state index contributed by atoms with van der Waals surface area (Å²) < 4.78 is 5.33. The Hall–Kier alpha value is -1.96. The van der Waals surface area contributed by atoms with E-state index in [0.29, 0.717) is 0 Å². The Balaban J connectivity index is 1.84. The van der Waals surface area contributed by atoms with Gasteiger partial charge in [0.2, 0.25) is 0 Å². The van der Waals surface area contributed by atoms with Crippen molar-refractivity contribution in [3.63, 3.8) is 0 Å². The number of fused-ring (bicyclic) bond motifs is 1. The summed E-state index contributed by atoms with van der Waals surface area (Å²) in [5, 5.41) is 1.31. The van der Waals surface area contributed by atoms with Crippen LogP contribution < -0.4 is 0 Å². The van der Waals surface area contributed by atoms with E-state index in [1.54, 1.807) is 6.26 Å². The van der Waals surface area contributed by atoms with Gasteiger partial charge in [0.15, 0.2) is 0 Å². The van der Waals surface area contributed by atoms with Gasteiger partial charge in [0.25, 0.3) is 0 Å². The van der Waals surface area contributed by atoms with E-state index in [0.717, 1.165) is 18.6 Å². The second-order valence-corrected chi connectivity index (χ2v) is 3.94. The van der Waals surface area contributed by atoms with E-state index in [1.807, 2.05) is 12.1 Å². The molecule has 0 aliphatic carbocycles. The van der Waals surface area contributed by atoms with Crippen molar-refractivity contribution in [1.82, 2.24) is 4.98 Å². The van der Waals surface area contributed by atoms with Gasteiger partial charge in [-0.05, 0) is 30.2 Å².